The standard InChI is InChI=1S/C22H25N3O2S/c1-14-7-6-8-19(15(14)2)22-23-16(3)20(28-22)21(26)24-25(4)13-17-9-11-18(27-5)12-10-17/h6-12H,13H2,1-5H3,(H,24,26). The summed E-state index contributed by atoms with van der Waals surface area (Å²) >= 11 is 1.43. The molecule has 0 aliphatic heterocycles. The Kier molecular flexibility index (Phi) is 6.11. The van der Waals surface area contributed by atoms with Crippen LogP contribution in [-0.4, -0.2) is 30.1 Å². The first-order chi connectivity index (χ1) is 13.4. The lowest BCUT2D eigenvalue weighted by molar-refractivity contribution is 0.0823. The van der Waals surface area contributed by atoms with Gasteiger partial charge in [0.2, 0.25) is 0 Å². The molecule has 0 unspecified atom stereocenters. The number of aromatic nitrogens is 1. The van der Waals surface area contributed by atoms with E-state index in [9.17, 15) is 4.79 Å². The number of nitrogens with zero attached hydrogens (tertiary/aromatic N) is 2. The van der Waals surface area contributed by atoms with Gasteiger partial charge in [0.1, 0.15) is 15.6 Å². The number of amides is 1. The topological polar surface area (TPSA) is 54.5 Å². The molecule has 0 saturated carbocycles. The number of benzene rings is 2. The summed E-state index contributed by atoms with van der Waals surface area (Å²) in [6.45, 7) is 6.64. The van der Waals surface area contributed by atoms with Crippen molar-refractivity contribution in [3.05, 3.63) is 69.7 Å². The van der Waals surface area contributed by atoms with Crippen LogP contribution in [-0.2, 0) is 6.54 Å². The second-order valence-corrected chi connectivity index (χ2v) is 7.83. The van der Waals surface area contributed by atoms with Crippen molar-refractivity contribution in [3.8, 4) is 16.3 Å². The molecule has 0 spiro atoms. The molecule has 0 atom stereocenters. The summed E-state index contributed by atoms with van der Waals surface area (Å²) < 4.78 is 5.18. The van der Waals surface area contributed by atoms with Gasteiger partial charge in [-0.05, 0) is 49.6 Å². The van der Waals surface area contributed by atoms with Crippen LogP contribution in [0.5, 0.6) is 5.75 Å². The molecule has 5 nitrogen and oxygen atoms in total. The van der Waals surface area contributed by atoms with Crippen molar-refractivity contribution in [1.29, 1.82) is 0 Å². The van der Waals surface area contributed by atoms with Gasteiger partial charge in [0.15, 0.2) is 0 Å². The molecule has 0 bridgehead atoms. The van der Waals surface area contributed by atoms with Crippen molar-refractivity contribution >= 4 is 17.2 Å². The van der Waals surface area contributed by atoms with E-state index in [1.807, 2.05) is 44.3 Å². The molecule has 0 aliphatic carbocycles. The first kappa shape index (κ1) is 20.0. The molecule has 0 aliphatic rings. The average Bonchev–Trinajstić information content (AvgIpc) is 3.06. The van der Waals surface area contributed by atoms with Gasteiger partial charge in [0.25, 0.3) is 5.91 Å². The third-order valence-corrected chi connectivity index (χ3v) is 5.90. The van der Waals surface area contributed by atoms with Crippen LogP contribution >= 0.6 is 11.3 Å². The molecule has 1 aromatic heterocycles. The van der Waals surface area contributed by atoms with E-state index in [4.69, 9.17) is 4.74 Å². The van der Waals surface area contributed by atoms with Gasteiger partial charge in [-0.15, -0.1) is 11.3 Å². The number of carbonyl (C=O) groups is 1. The van der Waals surface area contributed by atoms with Gasteiger partial charge in [-0.2, -0.15) is 0 Å². The number of hydrogen-bond acceptors (Lipinski definition) is 5. The van der Waals surface area contributed by atoms with Gasteiger partial charge in [-0.3, -0.25) is 10.2 Å². The lowest BCUT2D eigenvalue weighted by Crippen LogP contribution is -2.38. The van der Waals surface area contributed by atoms with E-state index >= 15 is 0 Å². The van der Waals surface area contributed by atoms with Gasteiger partial charge in [0, 0.05) is 19.2 Å². The van der Waals surface area contributed by atoms with Gasteiger partial charge >= 0.3 is 0 Å². The molecule has 1 amide bonds. The molecule has 1 N–H and O–H groups in total. The molecular weight excluding hydrogens is 370 g/mol. The number of carbonyl (C=O) groups excluding carboxylic acids is 1. The molecule has 0 saturated heterocycles. The first-order valence-corrected chi connectivity index (χ1v) is 9.89. The van der Waals surface area contributed by atoms with Crippen LogP contribution in [0.2, 0.25) is 0 Å². The van der Waals surface area contributed by atoms with Crippen molar-refractivity contribution in [3.63, 3.8) is 0 Å². The zero-order chi connectivity index (χ0) is 20.3. The Morgan fingerprint density at radius 1 is 1.14 bits per heavy atom. The number of hydrazine groups is 1. The van der Waals surface area contributed by atoms with Crippen molar-refractivity contribution in [2.24, 2.45) is 0 Å². The largest absolute Gasteiger partial charge is 0.497 e. The number of aryl methyl sites for hydroxylation is 2. The van der Waals surface area contributed by atoms with Gasteiger partial charge in [0.05, 0.1) is 12.8 Å². The van der Waals surface area contributed by atoms with E-state index in [-0.39, 0.29) is 5.91 Å². The fourth-order valence-electron chi connectivity index (χ4n) is 2.97. The van der Waals surface area contributed by atoms with Crippen LogP contribution in [0, 0.1) is 20.8 Å². The average molecular weight is 396 g/mol. The van der Waals surface area contributed by atoms with E-state index in [1.54, 1.807) is 12.1 Å². The van der Waals surface area contributed by atoms with Crippen molar-refractivity contribution in [2.75, 3.05) is 14.2 Å². The fraction of sp³-hybridized carbons (Fsp3) is 0.273. The quantitative estimate of drug-likeness (QED) is 0.624. The predicted molar refractivity (Wildman–Crippen MR) is 114 cm³/mol. The Bertz CT molecular complexity index is 980. The number of methoxy groups -OCH3 is 1. The summed E-state index contributed by atoms with van der Waals surface area (Å²) in [6, 6.07) is 14.0. The second-order valence-electron chi connectivity index (χ2n) is 6.83. The molecule has 1 heterocycles. The molecular formula is C22H25N3O2S. The van der Waals surface area contributed by atoms with Crippen LogP contribution in [0.25, 0.3) is 10.6 Å². The number of hydrogen-bond donors (Lipinski definition) is 1. The van der Waals surface area contributed by atoms with Crippen molar-refractivity contribution in [1.82, 2.24) is 15.4 Å². The van der Waals surface area contributed by atoms with E-state index in [1.165, 1.54) is 22.5 Å². The van der Waals surface area contributed by atoms with E-state index in [0.29, 0.717) is 11.4 Å². The molecule has 28 heavy (non-hydrogen) atoms. The SMILES string of the molecule is COc1ccc(CN(C)NC(=O)c2sc(-c3cccc(C)c3C)nc2C)cc1. The van der Waals surface area contributed by atoms with E-state index < -0.39 is 0 Å². The molecule has 0 radical (unpaired) electrons. The fourth-order valence-corrected chi connectivity index (χ4v) is 4.01. The normalized spacial score (nSPS) is 10.9. The molecule has 2 aromatic carbocycles. The Labute approximate surface area is 170 Å². The third-order valence-electron chi connectivity index (χ3n) is 4.71. The summed E-state index contributed by atoms with van der Waals surface area (Å²) in [6.07, 6.45) is 0. The zero-order valence-corrected chi connectivity index (χ0v) is 17.7. The minimum Gasteiger partial charge on any atom is -0.497 e. The number of ether oxygens (including phenoxy) is 1. The predicted octanol–water partition coefficient (Wildman–Crippen LogP) is 4.52. The summed E-state index contributed by atoms with van der Waals surface area (Å²) in [7, 11) is 3.50. The summed E-state index contributed by atoms with van der Waals surface area (Å²) in [4.78, 5) is 18.0. The Balaban J connectivity index is 1.72. The van der Waals surface area contributed by atoms with Crippen LogP contribution in [0.4, 0.5) is 0 Å². The van der Waals surface area contributed by atoms with E-state index in [0.717, 1.165) is 27.6 Å². The van der Waals surface area contributed by atoms with Crippen LogP contribution in [0.1, 0.15) is 32.1 Å². The minimum absolute atomic E-state index is 0.137. The highest BCUT2D eigenvalue weighted by molar-refractivity contribution is 7.17. The first-order valence-electron chi connectivity index (χ1n) is 9.08. The maximum absolute atomic E-state index is 12.8. The van der Waals surface area contributed by atoms with Crippen molar-refractivity contribution in [2.45, 2.75) is 27.3 Å². The highest BCUT2D eigenvalue weighted by Gasteiger charge is 2.18. The van der Waals surface area contributed by atoms with Crippen molar-refractivity contribution < 1.29 is 9.53 Å². The number of thiazole rings is 1. The number of nitrogens with one attached hydrogen (secondary N) is 1. The maximum atomic E-state index is 12.8. The number of rotatable bonds is 6. The summed E-state index contributed by atoms with van der Waals surface area (Å²) in [5.41, 5.74) is 8.26. The molecule has 3 rings (SSSR count). The molecule has 0 fully saturated rings. The van der Waals surface area contributed by atoms with Gasteiger partial charge < -0.3 is 4.74 Å². The lowest BCUT2D eigenvalue weighted by atomic mass is 10.0. The van der Waals surface area contributed by atoms with E-state index in [2.05, 4.69) is 36.4 Å². The van der Waals surface area contributed by atoms with Crippen LogP contribution < -0.4 is 10.2 Å². The van der Waals surface area contributed by atoms with Gasteiger partial charge in [-0.1, -0.05) is 30.3 Å². The third kappa shape index (κ3) is 4.40. The Hall–Kier alpha value is -2.70. The summed E-state index contributed by atoms with van der Waals surface area (Å²) in [5, 5.41) is 2.66. The lowest BCUT2D eigenvalue weighted by Gasteiger charge is -2.18. The molecule has 3 aromatic rings. The molecule has 6 heteroatoms. The Morgan fingerprint density at radius 3 is 2.54 bits per heavy atom. The Morgan fingerprint density at radius 2 is 1.86 bits per heavy atom. The monoisotopic (exact) mass is 395 g/mol. The minimum atomic E-state index is -0.137. The van der Waals surface area contributed by atoms with Crippen LogP contribution in [0.15, 0.2) is 42.5 Å². The highest BCUT2D eigenvalue weighted by atomic mass is 32.1. The maximum Gasteiger partial charge on any atom is 0.277 e. The smallest absolute Gasteiger partial charge is 0.277 e. The second kappa shape index (κ2) is 8.54. The zero-order valence-electron chi connectivity index (χ0n) is 16.9. The molecule has 146 valence electrons. The van der Waals surface area contributed by atoms with Crippen LogP contribution in [0.3, 0.4) is 0 Å². The van der Waals surface area contributed by atoms with Gasteiger partial charge in [-0.25, -0.2) is 9.99 Å². The highest BCUT2D eigenvalue weighted by Crippen LogP contribution is 2.31. The summed E-state index contributed by atoms with van der Waals surface area (Å²) in [5.74, 6) is 0.678.